The molecule has 2 aromatic carbocycles. The second kappa shape index (κ2) is 7.64. The van der Waals surface area contributed by atoms with Crippen LogP contribution in [0.3, 0.4) is 0 Å². The van der Waals surface area contributed by atoms with Crippen molar-refractivity contribution in [2.75, 3.05) is 7.11 Å². The van der Waals surface area contributed by atoms with E-state index in [0.717, 1.165) is 17.1 Å². The van der Waals surface area contributed by atoms with Crippen molar-refractivity contribution < 1.29 is 29.7 Å². The third kappa shape index (κ3) is 3.02. The van der Waals surface area contributed by atoms with Gasteiger partial charge in [0.1, 0.15) is 11.6 Å². The summed E-state index contributed by atoms with van der Waals surface area (Å²) in [6.45, 7) is 0. The molecule has 11 heteroatoms. The zero-order chi connectivity index (χ0) is 20.7. The first kappa shape index (κ1) is 20.5. The van der Waals surface area contributed by atoms with E-state index in [2.05, 4.69) is 19.9 Å². The van der Waals surface area contributed by atoms with Crippen molar-refractivity contribution in [2.24, 2.45) is 10.2 Å². The number of nitrogens with one attached hydrogen (secondary N) is 1. The van der Waals surface area contributed by atoms with Gasteiger partial charge in [0.05, 0.1) is 7.11 Å². The number of ketones is 2. The number of rotatable bonds is 5. The molecular formula is C19H15N5O6. The van der Waals surface area contributed by atoms with E-state index in [1.165, 1.54) is 6.07 Å². The van der Waals surface area contributed by atoms with Gasteiger partial charge in [0.15, 0.2) is 5.78 Å². The zero-order valence-electron chi connectivity index (χ0n) is 15.5. The smallest absolute Gasteiger partial charge is 0.375 e. The largest absolute Gasteiger partial charge is 0.493 e. The minimum atomic E-state index is -1.77. The quantitative estimate of drug-likeness (QED) is 0.279. The highest BCUT2D eigenvalue weighted by Gasteiger charge is 2.41. The van der Waals surface area contributed by atoms with Crippen LogP contribution >= 0.6 is 0 Å². The Labute approximate surface area is 168 Å². The molecule has 4 rings (SSSR count). The Morgan fingerprint density at radius 3 is 2.50 bits per heavy atom. The highest BCUT2D eigenvalue weighted by Crippen LogP contribution is 2.36. The number of hydrogen-bond donors (Lipinski definition) is 2. The number of carbonyl (C=O) groups is 3. The molecule has 1 aliphatic heterocycles. The van der Waals surface area contributed by atoms with E-state index in [-0.39, 0.29) is 17.0 Å². The number of benzene rings is 2. The van der Waals surface area contributed by atoms with Crippen LogP contribution in [0.15, 0.2) is 52.7 Å². The third-order valence-corrected chi connectivity index (χ3v) is 4.55. The maximum Gasteiger partial charge on any atom is 0.375 e. The van der Waals surface area contributed by atoms with Crippen LogP contribution in [0.1, 0.15) is 22.0 Å². The maximum atomic E-state index is 13.4. The van der Waals surface area contributed by atoms with Gasteiger partial charge in [-0.05, 0) is 10.8 Å². The molecule has 0 saturated heterocycles. The molecular weight excluding hydrogens is 394 g/mol. The molecule has 2 heterocycles. The molecule has 4 N–H and O–H groups in total. The van der Waals surface area contributed by atoms with E-state index >= 15 is 0 Å². The van der Waals surface area contributed by atoms with Crippen LogP contribution in [0.2, 0.25) is 0 Å². The fraction of sp³-hybridized carbons (Fsp3) is 0.105. The van der Waals surface area contributed by atoms with Crippen LogP contribution in [-0.2, 0) is 14.3 Å². The molecule has 0 saturated carbocycles. The van der Waals surface area contributed by atoms with Gasteiger partial charge in [-0.1, -0.05) is 42.5 Å². The molecule has 0 radical (unpaired) electrons. The van der Waals surface area contributed by atoms with Crippen molar-refractivity contribution in [1.29, 1.82) is 5.41 Å². The van der Waals surface area contributed by atoms with Crippen LogP contribution in [0.5, 0.6) is 5.88 Å². The van der Waals surface area contributed by atoms with Gasteiger partial charge in [0.25, 0.3) is 17.7 Å². The minimum absolute atomic E-state index is 0. The van der Waals surface area contributed by atoms with Gasteiger partial charge in [0, 0.05) is 5.56 Å². The Morgan fingerprint density at radius 2 is 1.80 bits per heavy atom. The molecule has 1 aliphatic rings. The molecule has 1 unspecified atom stereocenters. The Balaban J connectivity index is 0.00000256. The van der Waals surface area contributed by atoms with Gasteiger partial charge >= 0.3 is 5.97 Å². The van der Waals surface area contributed by atoms with Crippen molar-refractivity contribution in [3.05, 3.63) is 53.7 Å². The zero-order valence-corrected chi connectivity index (χ0v) is 15.5. The average molecular weight is 409 g/mol. The van der Waals surface area contributed by atoms with E-state index in [9.17, 15) is 19.5 Å². The number of aromatic hydroxyl groups is 1. The Morgan fingerprint density at radius 1 is 1.10 bits per heavy atom. The molecule has 152 valence electrons. The lowest BCUT2D eigenvalue weighted by atomic mass is 9.88. The monoisotopic (exact) mass is 409 g/mol. The molecule has 0 aliphatic carbocycles. The summed E-state index contributed by atoms with van der Waals surface area (Å²) in [5, 5.41) is 26.5. The van der Waals surface area contributed by atoms with Gasteiger partial charge in [-0.2, -0.15) is 0 Å². The second-order valence-electron chi connectivity index (χ2n) is 6.16. The number of azo groups is 1. The standard InChI is InChI=1S/C19H13N5O5.H2O/c1-29-17(28)15(26)12(13-16(27)24-18(20)22-23-19(24)21-13)14(25)11-8-4-6-9-5-2-3-7-10(9)11;/h2-8,12,20,27H,1H3;1H2. The normalized spacial score (nSPS) is 12.9. The lowest BCUT2D eigenvalue weighted by molar-refractivity contribution is -0.151. The molecule has 0 fully saturated rings. The highest BCUT2D eigenvalue weighted by atomic mass is 16.5. The first-order valence-electron chi connectivity index (χ1n) is 8.40. The van der Waals surface area contributed by atoms with Crippen molar-refractivity contribution in [3.63, 3.8) is 0 Å². The molecule has 11 nitrogen and oxygen atoms in total. The summed E-state index contributed by atoms with van der Waals surface area (Å²) in [4.78, 5) is 42.0. The lowest BCUT2D eigenvalue weighted by Gasteiger charge is -2.14. The molecule has 1 atom stereocenters. The van der Waals surface area contributed by atoms with Crippen molar-refractivity contribution >= 4 is 40.2 Å². The number of ether oxygens (including phenoxy) is 1. The number of fused-ring (bicyclic) bond motifs is 2. The highest BCUT2D eigenvalue weighted by molar-refractivity contribution is 6.42. The number of carbonyl (C=O) groups excluding carboxylic acids is 3. The van der Waals surface area contributed by atoms with E-state index < -0.39 is 41.0 Å². The Bertz CT molecular complexity index is 1240. The number of Topliss-reactive ketones (excluding diaryl/α,β-unsaturated/α-hetero) is 2. The topological polar surface area (TPSA) is 179 Å². The number of imidazole rings is 1. The number of hydrogen-bond acceptors (Lipinski definition) is 8. The fourth-order valence-electron chi connectivity index (χ4n) is 3.19. The predicted octanol–water partition coefficient (Wildman–Crippen LogP) is 1.51. The van der Waals surface area contributed by atoms with Gasteiger partial charge in [0.2, 0.25) is 5.88 Å². The summed E-state index contributed by atoms with van der Waals surface area (Å²) in [5.41, 5.74) is -0.216. The molecule has 30 heavy (non-hydrogen) atoms. The third-order valence-electron chi connectivity index (χ3n) is 4.55. The molecule has 0 amide bonds. The number of esters is 1. The predicted molar refractivity (Wildman–Crippen MR) is 103 cm³/mol. The van der Waals surface area contributed by atoms with E-state index in [1.807, 2.05) is 0 Å². The molecule has 1 aromatic heterocycles. The molecule has 0 bridgehead atoms. The maximum absolute atomic E-state index is 13.4. The lowest BCUT2D eigenvalue weighted by Crippen LogP contribution is -2.30. The van der Waals surface area contributed by atoms with Gasteiger partial charge in [-0.3, -0.25) is 15.0 Å². The van der Waals surface area contributed by atoms with Gasteiger partial charge in [-0.25, -0.2) is 14.3 Å². The minimum Gasteiger partial charge on any atom is -0.493 e. The van der Waals surface area contributed by atoms with Gasteiger partial charge < -0.3 is 15.3 Å². The van der Waals surface area contributed by atoms with Crippen LogP contribution in [0.25, 0.3) is 10.8 Å². The van der Waals surface area contributed by atoms with Crippen molar-refractivity contribution in [1.82, 2.24) is 9.55 Å². The number of nitrogens with zero attached hydrogens (tertiary/aromatic N) is 4. The van der Waals surface area contributed by atoms with Crippen molar-refractivity contribution in [3.8, 4) is 5.88 Å². The summed E-state index contributed by atoms with van der Waals surface area (Å²) in [5.74, 6) is -6.23. The summed E-state index contributed by atoms with van der Waals surface area (Å²) < 4.78 is 5.35. The summed E-state index contributed by atoms with van der Waals surface area (Å²) in [6, 6.07) is 12.0. The van der Waals surface area contributed by atoms with E-state index in [1.54, 1.807) is 36.4 Å². The van der Waals surface area contributed by atoms with E-state index in [0.29, 0.717) is 5.39 Å². The van der Waals surface area contributed by atoms with Crippen LogP contribution in [0.4, 0.5) is 5.95 Å². The number of methoxy groups -OCH3 is 1. The SMILES string of the molecule is COC(=O)C(=O)C(C(=O)c1cccc2ccccc12)c1nc2n(c1O)C(=N)N=N2.O. The van der Waals surface area contributed by atoms with Gasteiger partial charge in [-0.15, -0.1) is 10.2 Å². The number of aromatic nitrogens is 2. The first-order chi connectivity index (χ1) is 13.9. The average Bonchev–Trinajstić information content (AvgIpc) is 3.26. The fourth-order valence-corrected chi connectivity index (χ4v) is 3.19. The van der Waals surface area contributed by atoms with Crippen LogP contribution in [-0.4, -0.2) is 50.7 Å². The van der Waals surface area contributed by atoms with Crippen LogP contribution in [0, 0.1) is 5.41 Å². The summed E-state index contributed by atoms with van der Waals surface area (Å²) >= 11 is 0. The van der Waals surface area contributed by atoms with E-state index in [4.69, 9.17) is 5.41 Å². The Kier molecular flexibility index (Phi) is 5.22. The van der Waals surface area contributed by atoms with Crippen LogP contribution < -0.4 is 0 Å². The summed E-state index contributed by atoms with van der Waals surface area (Å²) in [7, 11) is 1.01. The second-order valence-corrected chi connectivity index (χ2v) is 6.16. The molecule has 3 aromatic rings. The summed E-state index contributed by atoms with van der Waals surface area (Å²) in [6.07, 6.45) is 0. The van der Waals surface area contributed by atoms with Crippen molar-refractivity contribution in [2.45, 2.75) is 5.92 Å². The first-order valence-corrected chi connectivity index (χ1v) is 8.40. The molecule has 0 spiro atoms. The Hall–Kier alpha value is -4.25.